The highest BCUT2D eigenvalue weighted by molar-refractivity contribution is 6.05. The molecule has 2 rings (SSSR count). The highest BCUT2D eigenvalue weighted by atomic mass is 16.5. The van der Waals surface area contributed by atoms with Crippen LogP contribution in [0.1, 0.15) is 38.8 Å². The molecule has 0 aromatic heterocycles. The van der Waals surface area contributed by atoms with Crippen molar-refractivity contribution >= 4 is 23.8 Å². The van der Waals surface area contributed by atoms with Crippen LogP contribution in [0.2, 0.25) is 0 Å². The van der Waals surface area contributed by atoms with Crippen LogP contribution in [0.3, 0.4) is 0 Å². The summed E-state index contributed by atoms with van der Waals surface area (Å²) >= 11 is 0. The first-order chi connectivity index (χ1) is 15.7. The smallest absolute Gasteiger partial charge is 0.337 e. The number of rotatable bonds is 9. The Morgan fingerprint density at radius 3 is 1.85 bits per heavy atom. The molecule has 1 aromatic carbocycles. The molecule has 0 fully saturated rings. The molecule has 0 bridgehead atoms. The number of nitrogens with one attached hydrogen (secondary N) is 2. The Hall–Kier alpha value is -3.62. The predicted molar refractivity (Wildman–Crippen MR) is 119 cm³/mol. The normalized spacial score (nSPS) is 13.8. The van der Waals surface area contributed by atoms with Crippen LogP contribution in [0.15, 0.2) is 46.8 Å². The van der Waals surface area contributed by atoms with E-state index in [1.54, 1.807) is 27.7 Å². The zero-order valence-corrected chi connectivity index (χ0v) is 19.6. The standard InChI is InChI=1S/C24H30N2O7/c1-6-31-22(28)19-15(4)26-16(5)20(23(29)32-7-2)21(19)24(30)33-13-18(27)25-12-17-10-8-14(3)9-11-17/h8-11,21,26H,6-7,12-13H2,1-5H3,(H,25,27). The fourth-order valence-electron chi connectivity index (χ4n) is 3.37. The summed E-state index contributed by atoms with van der Waals surface area (Å²) in [6.07, 6.45) is 0. The van der Waals surface area contributed by atoms with E-state index in [1.807, 2.05) is 31.2 Å². The lowest BCUT2D eigenvalue weighted by molar-refractivity contribution is -0.154. The number of hydrogen-bond acceptors (Lipinski definition) is 8. The zero-order chi connectivity index (χ0) is 24.5. The largest absolute Gasteiger partial charge is 0.463 e. The Morgan fingerprint density at radius 2 is 1.36 bits per heavy atom. The third kappa shape index (κ3) is 6.68. The van der Waals surface area contributed by atoms with Crippen LogP contribution >= 0.6 is 0 Å². The van der Waals surface area contributed by atoms with E-state index in [1.165, 1.54) is 0 Å². The van der Waals surface area contributed by atoms with Crippen LogP contribution in [-0.2, 0) is 39.9 Å². The highest BCUT2D eigenvalue weighted by Crippen LogP contribution is 2.32. The van der Waals surface area contributed by atoms with E-state index in [0.29, 0.717) is 11.4 Å². The number of carbonyl (C=O) groups is 4. The predicted octanol–water partition coefficient (Wildman–Crippen LogP) is 2.05. The molecular formula is C24H30N2O7. The van der Waals surface area contributed by atoms with Gasteiger partial charge in [0.2, 0.25) is 0 Å². The minimum atomic E-state index is -1.38. The van der Waals surface area contributed by atoms with E-state index in [-0.39, 0.29) is 30.9 Å². The first-order valence-electron chi connectivity index (χ1n) is 10.7. The van der Waals surface area contributed by atoms with Gasteiger partial charge in [0.15, 0.2) is 6.61 Å². The van der Waals surface area contributed by atoms with Gasteiger partial charge in [0.25, 0.3) is 5.91 Å². The molecule has 9 heteroatoms. The molecule has 0 radical (unpaired) electrons. The molecule has 0 saturated carbocycles. The Labute approximate surface area is 193 Å². The van der Waals surface area contributed by atoms with Gasteiger partial charge in [-0.3, -0.25) is 9.59 Å². The van der Waals surface area contributed by atoms with Gasteiger partial charge in [0.1, 0.15) is 5.92 Å². The summed E-state index contributed by atoms with van der Waals surface area (Å²) in [6, 6.07) is 7.62. The van der Waals surface area contributed by atoms with E-state index in [4.69, 9.17) is 14.2 Å². The number of ether oxygens (including phenoxy) is 3. The van der Waals surface area contributed by atoms with Gasteiger partial charge in [-0.15, -0.1) is 0 Å². The maximum atomic E-state index is 13.0. The minimum Gasteiger partial charge on any atom is -0.463 e. The molecule has 0 aliphatic carbocycles. The molecule has 0 unspecified atom stereocenters. The summed E-state index contributed by atoms with van der Waals surface area (Å²) in [6.45, 7) is 8.25. The summed E-state index contributed by atoms with van der Waals surface area (Å²) in [7, 11) is 0. The van der Waals surface area contributed by atoms with Gasteiger partial charge in [0.05, 0.1) is 24.4 Å². The average Bonchev–Trinajstić information content (AvgIpc) is 2.76. The minimum absolute atomic E-state index is 0.0597. The number of amides is 1. The van der Waals surface area contributed by atoms with Crippen molar-refractivity contribution in [3.8, 4) is 0 Å². The molecule has 0 saturated heterocycles. The summed E-state index contributed by atoms with van der Waals surface area (Å²) in [5, 5.41) is 5.59. The lowest BCUT2D eigenvalue weighted by Crippen LogP contribution is -2.39. The average molecular weight is 459 g/mol. The topological polar surface area (TPSA) is 120 Å². The second-order valence-electron chi connectivity index (χ2n) is 7.45. The van der Waals surface area contributed by atoms with Gasteiger partial charge in [-0.25, -0.2) is 9.59 Å². The molecule has 2 N–H and O–H groups in total. The van der Waals surface area contributed by atoms with E-state index < -0.39 is 36.3 Å². The molecule has 0 atom stereocenters. The summed E-state index contributed by atoms with van der Waals surface area (Å²) < 4.78 is 15.4. The number of dihydropyridines is 1. The fraction of sp³-hybridized carbons (Fsp3) is 0.417. The Kier molecular flexibility index (Phi) is 9.20. The number of benzene rings is 1. The molecule has 178 valence electrons. The second-order valence-corrected chi connectivity index (χ2v) is 7.45. The van der Waals surface area contributed by atoms with Crippen LogP contribution in [0.4, 0.5) is 0 Å². The Bertz CT molecular complexity index is 937. The van der Waals surface area contributed by atoms with Crippen molar-refractivity contribution in [1.29, 1.82) is 0 Å². The molecule has 0 spiro atoms. The molecule has 1 aromatic rings. The van der Waals surface area contributed by atoms with Crippen molar-refractivity contribution < 1.29 is 33.4 Å². The number of esters is 3. The number of hydrogen-bond donors (Lipinski definition) is 2. The van der Waals surface area contributed by atoms with Crippen molar-refractivity contribution in [3.05, 3.63) is 57.9 Å². The summed E-state index contributed by atoms with van der Waals surface area (Å²) in [5.41, 5.74) is 2.58. The van der Waals surface area contributed by atoms with Crippen LogP contribution in [0.25, 0.3) is 0 Å². The molecule has 1 amide bonds. The molecular weight excluding hydrogens is 428 g/mol. The van der Waals surface area contributed by atoms with Crippen LogP contribution in [0.5, 0.6) is 0 Å². The summed E-state index contributed by atoms with van der Waals surface area (Å²) in [4.78, 5) is 50.4. The SMILES string of the molecule is CCOC(=O)C1=C(C)NC(C)=C(C(=O)OCC)C1C(=O)OCC(=O)NCc1ccc(C)cc1. The lowest BCUT2D eigenvalue weighted by Gasteiger charge is -2.28. The molecule has 1 aliphatic heterocycles. The van der Waals surface area contributed by atoms with Crippen molar-refractivity contribution in [2.24, 2.45) is 5.92 Å². The van der Waals surface area contributed by atoms with Gasteiger partial charge >= 0.3 is 17.9 Å². The fourth-order valence-corrected chi connectivity index (χ4v) is 3.37. The van der Waals surface area contributed by atoms with E-state index in [0.717, 1.165) is 11.1 Å². The Balaban J connectivity index is 2.17. The summed E-state index contributed by atoms with van der Waals surface area (Å²) in [5.74, 6) is -4.35. The maximum Gasteiger partial charge on any atom is 0.337 e. The molecule has 1 heterocycles. The van der Waals surface area contributed by atoms with E-state index in [9.17, 15) is 19.2 Å². The van der Waals surface area contributed by atoms with Gasteiger partial charge < -0.3 is 24.8 Å². The monoisotopic (exact) mass is 458 g/mol. The zero-order valence-electron chi connectivity index (χ0n) is 19.6. The highest BCUT2D eigenvalue weighted by Gasteiger charge is 2.42. The number of carbonyl (C=O) groups excluding carboxylic acids is 4. The van der Waals surface area contributed by atoms with Gasteiger partial charge in [-0.2, -0.15) is 0 Å². The van der Waals surface area contributed by atoms with Crippen molar-refractivity contribution in [1.82, 2.24) is 10.6 Å². The van der Waals surface area contributed by atoms with Crippen molar-refractivity contribution in [2.75, 3.05) is 19.8 Å². The third-order valence-corrected chi connectivity index (χ3v) is 4.94. The molecule has 1 aliphatic rings. The van der Waals surface area contributed by atoms with Gasteiger partial charge in [-0.1, -0.05) is 29.8 Å². The van der Waals surface area contributed by atoms with Gasteiger partial charge in [0, 0.05) is 17.9 Å². The first-order valence-corrected chi connectivity index (χ1v) is 10.7. The second kappa shape index (κ2) is 11.8. The molecule has 33 heavy (non-hydrogen) atoms. The van der Waals surface area contributed by atoms with Crippen LogP contribution in [-0.4, -0.2) is 43.6 Å². The maximum absolute atomic E-state index is 13.0. The number of allylic oxidation sites excluding steroid dienone is 2. The van der Waals surface area contributed by atoms with Gasteiger partial charge in [-0.05, 0) is 40.2 Å². The van der Waals surface area contributed by atoms with Crippen LogP contribution in [0, 0.1) is 12.8 Å². The lowest BCUT2D eigenvalue weighted by atomic mass is 9.85. The van der Waals surface area contributed by atoms with Crippen molar-refractivity contribution in [3.63, 3.8) is 0 Å². The molecule has 9 nitrogen and oxygen atoms in total. The van der Waals surface area contributed by atoms with E-state index in [2.05, 4.69) is 10.6 Å². The van der Waals surface area contributed by atoms with Crippen LogP contribution < -0.4 is 10.6 Å². The van der Waals surface area contributed by atoms with Crippen molar-refractivity contribution in [2.45, 2.75) is 41.2 Å². The first kappa shape index (κ1) is 25.6. The number of aryl methyl sites for hydroxylation is 1. The Morgan fingerprint density at radius 1 is 0.848 bits per heavy atom. The van der Waals surface area contributed by atoms with E-state index >= 15 is 0 Å². The quantitative estimate of drug-likeness (QED) is 0.426. The third-order valence-electron chi connectivity index (χ3n) is 4.94.